The predicted molar refractivity (Wildman–Crippen MR) is 48.2 cm³/mol. The molecule has 1 aromatic rings. The Labute approximate surface area is 77.7 Å². The molecule has 1 unspecified atom stereocenters. The van der Waals surface area contributed by atoms with E-state index < -0.39 is 0 Å². The Bertz CT molecular complexity index is 284. The van der Waals surface area contributed by atoms with Gasteiger partial charge in [-0.3, -0.25) is 0 Å². The van der Waals surface area contributed by atoms with Crippen LogP contribution in [0, 0.1) is 12.8 Å². The Balaban J connectivity index is 2.08. The summed E-state index contributed by atoms with van der Waals surface area (Å²) < 4.78 is 5.13. The van der Waals surface area contributed by atoms with Gasteiger partial charge >= 0.3 is 0 Å². The van der Waals surface area contributed by atoms with E-state index in [0.29, 0.717) is 0 Å². The summed E-state index contributed by atoms with van der Waals surface area (Å²) in [6.07, 6.45) is 2.34. The van der Waals surface area contributed by atoms with Crippen LogP contribution in [0.5, 0.6) is 0 Å². The standard InChI is InChI=1S/C9H15N3O/c1-6-3-4-10-8(5-6)9-11-7(2)12-13-9/h6,8,10H,3-5H2,1-2H3/t6-,8?/m0/s1. The smallest absolute Gasteiger partial charge is 0.243 e. The van der Waals surface area contributed by atoms with E-state index in [2.05, 4.69) is 22.4 Å². The molecule has 0 amide bonds. The van der Waals surface area contributed by atoms with Crippen LogP contribution in [-0.4, -0.2) is 16.7 Å². The molecule has 0 spiro atoms. The van der Waals surface area contributed by atoms with Crippen molar-refractivity contribution >= 4 is 0 Å². The Hall–Kier alpha value is -0.900. The Morgan fingerprint density at radius 1 is 1.54 bits per heavy atom. The van der Waals surface area contributed by atoms with Gasteiger partial charge in [-0.2, -0.15) is 4.98 Å². The van der Waals surface area contributed by atoms with Crippen LogP contribution in [0.15, 0.2) is 4.52 Å². The van der Waals surface area contributed by atoms with E-state index in [1.807, 2.05) is 6.92 Å². The molecule has 2 atom stereocenters. The largest absolute Gasteiger partial charge is 0.338 e. The summed E-state index contributed by atoms with van der Waals surface area (Å²) in [5.74, 6) is 2.21. The fraction of sp³-hybridized carbons (Fsp3) is 0.778. The van der Waals surface area contributed by atoms with Gasteiger partial charge in [-0.05, 0) is 32.2 Å². The fourth-order valence-electron chi connectivity index (χ4n) is 1.75. The molecule has 0 radical (unpaired) electrons. The van der Waals surface area contributed by atoms with Gasteiger partial charge in [-0.25, -0.2) is 0 Å². The summed E-state index contributed by atoms with van der Waals surface area (Å²) >= 11 is 0. The van der Waals surface area contributed by atoms with E-state index in [1.54, 1.807) is 0 Å². The van der Waals surface area contributed by atoms with Crippen LogP contribution in [0.3, 0.4) is 0 Å². The first-order valence-corrected chi connectivity index (χ1v) is 4.79. The molecule has 1 N–H and O–H groups in total. The maximum atomic E-state index is 5.13. The molecule has 2 rings (SSSR count). The quantitative estimate of drug-likeness (QED) is 0.712. The van der Waals surface area contributed by atoms with Crippen LogP contribution >= 0.6 is 0 Å². The van der Waals surface area contributed by atoms with Crippen LogP contribution in [0.2, 0.25) is 0 Å². The topological polar surface area (TPSA) is 51.0 Å². The van der Waals surface area contributed by atoms with Gasteiger partial charge in [0.15, 0.2) is 5.82 Å². The number of hydrogen-bond donors (Lipinski definition) is 1. The third kappa shape index (κ3) is 1.88. The molecule has 1 saturated heterocycles. The highest BCUT2D eigenvalue weighted by Crippen LogP contribution is 2.25. The van der Waals surface area contributed by atoms with E-state index in [4.69, 9.17) is 4.52 Å². The first kappa shape index (κ1) is 8.69. The zero-order valence-electron chi connectivity index (χ0n) is 8.08. The number of rotatable bonds is 1. The second kappa shape index (κ2) is 3.46. The van der Waals surface area contributed by atoms with E-state index >= 15 is 0 Å². The SMILES string of the molecule is Cc1noc(C2C[C@@H](C)CCN2)n1. The molecule has 0 aliphatic carbocycles. The number of nitrogens with one attached hydrogen (secondary N) is 1. The molecule has 0 saturated carbocycles. The zero-order chi connectivity index (χ0) is 9.26. The summed E-state index contributed by atoms with van der Waals surface area (Å²) in [7, 11) is 0. The van der Waals surface area contributed by atoms with Crippen molar-refractivity contribution in [2.24, 2.45) is 5.92 Å². The Kier molecular flexibility index (Phi) is 2.31. The van der Waals surface area contributed by atoms with Crippen LogP contribution < -0.4 is 5.32 Å². The van der Waals surface area contributed by atoms with Gasteiger partial charge in [-0.15, -0.1) is 0 Å². The van der Waals surface area contributed by atoms with Crippen LogP contribution in [-0.2, 0) is 0 Å². The minimum absolute atomic E-state index is 0.268. The van der Waals surface area contributed by atoms with Crippen molar-refractivity contribution < 1.29 is 4.52 Å². The van der Waals surface area contributed by atoms with Gasteiger partial charge < -0.3 is 9.84 Å². The van der Waals surface area contributed by atoms with E-state index in [-0.39, 0.29) is 6.04 Å². The third-order valence-electron chi connectivity index (χ3n) is 2.51. The summed E-state index contributed by atoms with van der Waals surface area (Å²) in [5.41, 5.74) is 0. The Morgan fingerprint density at radius 2 is 2.38 bits per heavy atom. The lowest BCUT2D eigenvalue weighted by atomic mass is 9.94. The van der Waals surface area contributed by atoms with Crippen LogP contribution in [0.1, 0.15) is 37.5 Å². The molecule has 0 aromatic carbocycles. The molecule has 1 aliphatic heterocycles. The van der Waals surface area contributed by atoms with Crippen molar-refractivity contribution in [1.29, 1.82) is 0 Å². The lowest BCUT2D eigenvalue weighted by molar-refractivity contribution is 0.259. The van der Waals surface area contributed by atoms with Gasteiger partial charge in [0.1, 0.15) is 0 Å². The number of piperidine rings is 1. The summed E-state index contributed by atoms with van der Waals surface area (Å²) in [6.45, 7) is 5.16. The molecule has 13 heavy (non-hydrogen) atoms. The third-order valence-corrected chi connectivity index (χ3v) is 2.51. The molecule has 1 aliphatic rings. The highest BCUT2D eigenvalue weighted by molar-refractivity contribution is 4.93. The van der Waals surface area contributed by atoms with Crippen LogP contribution in [0.25, 0.3) is 0 Å². The van der Waals surface area contributed by atoms with Crippen LogP contribution in [0.4, 0.5) is 0 Å². The van der Waals surface area contributed by atoms with Gasteiger partial charge in [0.25, 0.3) is 0 Å². The fourth-order valence-corrected chi connectivity index (χ4v) is 1.75. The molecule has 4 heteroatoms. The molecule has 0 bridgehead atoms. The minimum atomic E-state index is 0.268. The first-order chi connectivity index (χ1) is 6.25. The predicted octanol–water partition coefficient (Wildman–Crippen LogP) is 1.44. The van der Waals surface area contributed by atoms with Gasteiger partial charge in [0.2, 0.25) is 5.89 Å². The maximum absolute atomic E-state index is 5.13. The van der Waals surface area contributed by atoms with Crippen molar-refractivity contribution in [3.63, 3.8) is 0 Å². The van der Waals surface area contributed by atoms with E-state index in [0.717, 1.165) is 30.6 Å². The second-order valence-electron chi connectivity index (χ2n) is 3.82. The number of hydrogen-bond acceptors (Lipinski definition) is 4. The monoisotopic (exact) mass is 181 g/mol. The molecular weight excluding hydrogens is 166 g/mol. The number of aromatic nitrogens is 2. The highest BCUT2D eigenvalue weighted by Gasteiger charge is 2.23. The molecule has 4 nitrogen and oxygen atoms in total. The first-order valence-electron chi connectivity index (χ1n) is 4.79. The molecule has 72 valence electrons. The highest BCUT2D eigenvalue weighted by atomic mass is 16.5. The lowest BCUT2D eigenvalue weighted by Crippen LogP contribution is -2.30. The summed E-state index contributed by atoms with van der Waals surface area (Å²) in [6, 6.07) is 0.268. The van der Waals surface area contributed by atoms with Crippen molar-refractivity contribution in [3.05, 3.63) is 11.7 Å². The van der Waals surface area contributed by atoms with Crippen molar-refractivity contribution in [2.75, 3.05) is 6.54 Å². The average molecular weight is 181 g/mol. The average Bonchev–Trinajstić information content (AvgIpc) is 2.52. The molecular formula is C9H15N3O. The number of nitrogens with zero attached hydrogens (tertiary/aromatic N) is 2. The van der Waals surface area contributed by atoms with Gasteiger partial charge in [0.05, 0.1) is 6.04 Å². The van der Waals surface area contributed by atoms with Crippen molar-refractivity contribution in [3.8, 4) is 0 Å². The minimum Gasteiger partial charge on any atom is -0.338 e. The van der Waals surface area contributed by atoms with Crippen molar-refractivity contribution in [2.45, 2.75) is 32.7 Å². The van der Waals surface area contributed by atoms with Gasteiger partial charge in [0, 0.05) is 0 Å². The molecule has 2 heterocycles. The number of aryl methyl sites for hydroxylation is 1. The summed E-state index contributed by atoms with van der Waals surface area (Å²) in [5, 5.41) is 7.17. The normalized spacial score (nSPS) is 29.1. The Morgan fingerprint density at radius 3 is 3.00 bits per heavy atom. The van der Waals surface area contributed by atoms with E-state index in [9.17, 15) is 0 Å². The molecule has 1 fully saturated rings. The zero-order valence-corrected chi connectivity index (χ0v) is 8.08. The van der Waals surface area contributed by atoms with Gasteiger partial charge in [-0.1, -0.05) is 12.1 Å². The van der Waals surface area contributed by atoms with Crippen molar-refractivity contribution in [1.82, 2.24) is 15.5 Å². The molecule has 1 aromatic heterocycles. The lowest BCUT2D eigenvalue weighted by Gasteiger charge is -2.25. The second-order valence-corrected chi connectivity index (χ2v) is 3.82. The summed E-state index contributed by atoms with van der Waals surface area (Å²) in [4.78, 5) is 4.23. The maximum Gasteiger partial charge on any atom is 0.243 e. The van der Waals surface area contributed by atoms with E-state index in [1.165, 1.54) is 6.42 Å².